The van der Waals surface area contributed by atoms with Gasteiger partial charge in [0.1, 0.15) is 6.54 Å². The molecule has 22 heavy (non-hydrogen) atoms. The highest BCUT2D eigenvalue weighted by atomic mass is 16.2. The normalized spacial score (nSPS) is 29.4. The Kier molecular flexibility index (Phi) is 4.60. The molecule has 2 aliphatic carbocycles. The summed E-state index contributed by atoms with van der Waals surface area (Å²) in [6.07, 6.45) is 11.9. The number of carbonyl (C=O) groups is 3. The van der Waals surface area contributed by atoms with Crippen molar-refractivity contribution in [3.63, 3.8) is 0 Å². The van der Waals surface area contributed by atoms with Crippen molar-refractivity contribution in [1.29, 1.82) is 0 Å². The number of amides is 3. The van der Waals surface area contributed by atoms with Crippen molar-refractivity contribution in [2.45, 2.75) is 57.4 Å². The van der Waals surface area contributed by atoms with Crippen molar-refractivity contribution in [2.75, 3.05) is 6.54 Å². The summed E-state index contributed by atoms with van der Waals surface area (Å²) in [6, 6.07) is 0.201. The molecular weight excluding hydrogens is 280 g/mol. The summed E-state index contributed by atoms with van der Waals surface area (Å²) in [7, 11) is 0. The third-order valence-electron chi connectivity index (χ3n) is 5.12. The second-order valence-electron chi connectivity index (χ2n) is 6.67. The Morgan fingerprint density at radius 1 is 1.00 bits per heavy atom. The Morgan fingerprint density at radius 3 is 2.09 bits per heavy atom. The van der Waals surface area contributed by atoms with E-state index in [1.165, 1.54) is 17.7 Å². The molecule has 1 saturated carbocycles. The topological polar surface area (TPSA) is 66.5 Å². The summed E-state index contributed by atoms with van der Waals surface area (Å²) in [4.78, 5) is 38.0. The Morgan fingerprint density at radius 2 is 1.55 bits per heavy atom. The number of hydrogen-bond donors (Lipinski definition) is 1. The molecule has 5 heteroatoms. The Labute approximate surface area is 131 Å². The molecule has 1 heterocycles. The van der Waals surface area contributed by atoms with Gasteiger partial charge in [-0.3, -0.25) is 19.3 Å². The Bertz CT molecular complexity index is 466. The fourth-order valence-corrected chi connectivity index (χ4v) is 3.87. The van der Waals surface area contributed by atoms with Crippen LogP contribution in [0.15, 0.2) is 12.2 Å². The number of nitrogens with one attached hydrogen (secondary N) is 1. The average Bonchev–Trinajstić information content (AvgIpc) is 2.72. The lowest BCUT2D eigenvalue weighted by Crippen LogP contribution is -2.44. The number of fused-ring (bicyclic) bond motifs is 1. The molecule has 0 radical (unpaired) electrons. The maximum absolute atomic E-state index is 12.3. The molecule has 0 spiro atoms. The highest BCUT2D eigenvalue weighted by Gasteiger charge is 2.47. The molecule has 5 nitrogen and oxygen atoms in total. The zero-order valence-electron chi connectivity index (χ0n) is 12.9. The van der Waals surface area contributed by atoms with Crippen molar-refractivity contribution >= 4 is 17.7 Å². The van der Waals surface area contributed by atoms with Gasteiger partial charge >= 0.3 is 0 Å². The third-order valence-corrected chi connectivity index (χ3v) is 5.12. The number of imide groups is 1. The van der Waals surface area contributed by atoms with Gasteiger partial charge in [-0.2, -0.15) is 0 Å². The first-order valence-corrected chi connectivity index (χ1v) is 8.46. The largest absolute Gasteiger partial charge is 0.352 e. The molecule has 120 valence electrons. The van der Waals surface area contributed by atoms with E-state index in [2.05, 4.69) is 5.32 Å². The van der Waals surface area contributed by atoms with Gasteiger partial charge in [-0.15, -0.1) is 0 Å². The smallest absolute Gasteiger partial charge is 0.240 e. The van der Waals surface area contributed by atoms with E-state index in [1.54, 1.807) is 0 Å². The lowest BCUT2D eigenvalue weighted by Gasteiger charge is -2.19. The van der Waals surface area contributed by atoms with Crippen LogP contribution in [-0.2, 0) is 14.4 Å². The molecular formula is C17H24N2O3. The van der Waals surface area contributed by atoms with Crippen LogP contribution in [0.1, 0.15) is 51.4 Å². The SMILES string of the molecule is O=C(CN1C(=O)C2CC=CCC2C1=O)NC1CCCCCC1. The fraction of sp³-hybridized carbons (Fsp3) is 0.706. The van der Waals surface area contributed by atoms with Crippen LogP contribution in [0, 0.1) is 11.8 Å². The first-order valence-electron chi connectivity index (χ1n) is 8.46. The molecule has 2 unspecified atom stereocenters. The second-order valence-corrected chi connectivity index (χ2v) is 6.67. The van der Waals surface area contributed by atoms with Crippen molar-refractivity contribution in [2.24, 2.45) is 11.8 Å². The van der Waals surface area contributed by atoms with Gasteiger partial charge < -0.3 is 5.32 Å². The molecule has 1 aliphatic heterocycles. The van der Waals surface area contributed by atoms with Gasteiger partial charge in [0, 0.05) is 6.04 Å². The molecule has 3 amide bonds. The molecule has 0 bridgehead atoms. The van der Waals surface area contributed by atoms with Crippen LogP contribution >= 0.6 is 0 Å². The molecule has 1 saturated heterocycles. The monoisotopic (exact) mass is 304 g/mol. The molecule has 2 fully saturated rings. The molecule has 3 rings (SSSR count). The van der Waals surface area contributed by atoms with E-state index in [0.29, 0.717) is 12.8 Å². The highest BCUT2D eigenvalue weighted by molar-refractivity contribution is 6.07. The van der Waals surface area contributed by atoms with E-state index in [4.69, 9.17) is 0 Å². The highest BCUT2D eigenvalue weighted by Crippen LogP contribution is 2.34. The lowest BCUT2D eigenvalue weighted by molar-refractivity contribution is -0.143. The standard InChI is InChI=1S/C17H24N2O3/c20-15(18-12-7-3-1-2-4-8-12)11-19-16(21)13-9-5-6-10-14(13)17(19)22/h5-6,12-14H,1-4,7-11H2,(H,18,20). The summed E-state index contributed by atoms with van der Waals surface area (Å²) in [5.74, 6) is -1.03. The summed E-state index contributed by atoms with van der Waals surface area (Å²) < 4.78 is 0. The molecule has 0 aromatic carbocycles. The number of likely N-dealkylation sites (tertiary alicyclic amines) is 1. The minimum Gasteiger partial charge on any atom is -0.352 e. The van der Waals surface area contributed by atoms with E-state index in [-0.39, 0.29) is 42.1 Å². The number of carbonyl (C=O) groups excluding carboxylic acids is 3. The van der Waals surface area contributed by atoms with Gasteiger partial charge in [-0.25, -0.2) is 0 Å². The summed E-state index contributed by atoms with van der Waals surface area (Å²) >= 11 is 0. The van der Waals surface area contributed by atoms with Crippen molar-refractivity contribution in [3.05, 3.63) is 12.2 Å². The van der Waals surface area contributed by atoms with Crippen LogP contribution in [0.2, 0.25) is 0 Å². The van der Waals surface area contributed by atoms with Crippen LogP contribution in [0.25, 0.3) is 0 Å². The van der Waals surface area contributed by atoms with Crippen LogP contribution in [-0.4, -0.2) is 35.2 Å². The van der Waals surface area contributed by atoms with Gasteiger partial charge in [-0.1, -0.05) is 37.8 Å². The van der Waals surface area contributed by atoms with E-state index in [0.717, 1.165) is 25.7 Å². The van der Waals surface area contributed by atoms with Crippen LogP contribution < -0.4 is 5.32 Å². The fourth-order valence-electron chi connectivity index (χ4n) is 3.87. The molecule has 0 aromatic heterocycles. The molecule has 3 aliphatic rings. The molecule has 0 aromatic rings. The van der Waals surface area contributed by atoms with E-state index < -0.39 is 0 Å². The van der Waals surface area contributed by atoms with Gasteiger partial charge in [0.05, 0.1) is 11.8 Å². The van der Waals surface area contributed by atoms with Crippen LogP contribution in [0.4, 0.5) is 0 Å². The maximum Gasteiger partial charge on any atom is 0.240 e. The first kappa shape index (κ1) is 15.3. The van der Waals surface area contributed by atoms with Gasteiger partial charge in [0.15, 0.2) is 0 Å². The summed E-state index contributed by atoms with van der Waals surface area (Å²) in [6.45, 7) is -0.110. The summed E-state index contributed by atoms with van der Waals surface area (Å²) in [5, 5.41) is 3.01. The zero-order valence-corrected chi connectivity index (χ0v) is 12.9. The predicted molar refractivity (Wildman–Crippen MR) is 81.7 cm³/mol. The second kappa shape index (κ2) is 6.63. The minimum absolute atomic E-state index is 0.110. The van der Waals surface area contributed by atoms with Gasteiger partial charge in [-0.05, 0) is 25.7 Å². The third kappa shape index (κ3) is 3.08. The maximum atomic E-state index is 12.3. The zero-order chi connectivity index (χ0) is 15.5. The van der Waals surface area contributed by atoms with Crippen LogP contribution in [0.3, 0.4) is 0 Å². The minimum atomic E-state index is -0.247. The average molecular weight is 304 g/mol. The number of hydrogen-bond acceptors (Lipinski definition) is 3. The van der Waals surface area contributed by atoms with Gasteiger partial charge in [0.25, 0.3) is 0 Å². The first-order chi connectivity index (χ1) is 10.7. The Balaban J connectivity index is 1.57. The lowest BCUT2D eigenvalue weighted by atomic mass is 9.85. The number of nitrogens with zero attached hydrogens (tertiary/aromatic N) is 1. The van der Waals surface area contributed by atoms with E-state index in [9.17, 15) is 14.4 Å². The van der Waals surface area contributed by atoms with Crippen molar-refractivity contribution in [3.8, 4) is 0 Å². The number of allylic oxidation sites excluding steroid dienone is 2. The molecule has 2 atom stereocenters. The van der Waals surface area contributed by atoms with E-state index in [1.807, 2.05) is 12.2 Å². The van der Waals surface area contributed by atoms with Crippen molar-refractivity contribution < 1.29 is 14.4 Å². The number of rotatable bonds is 3. The van der Waals surface area contributed by atoms with Crippen molar-refractivity contribution in [1.82, 2.24) is 10.2 Å². The van der Waals surface area contributed by atoms with Gasteiger partial charge in [0.2, 0.25) is 17.7 Å². The van der Waals surface area contributed by atoms with Crippen LogP contribution in [0.5, 0.6) is 0 Å². The summed E-state index contributed by atoms with van der Waals surface area (Å²) in [5.41, 5.74) is 0. The predicted octanol–water partition coefficient (Wildman–Crippen LogP) is 1.78. The quantitative estimate of drug-likeness (QED) is 0.491. The molecule has 1 N–H and O–H groups in total. The Hall–Kier alpha value is -1.65. The van der Waals surface area contributed by atoms with E-state index >= 15 is 0 Å².